The Morgan fingerprint density at radius 2 is 2.05 bits per heavy atom. The highest BCUT2D eigenvalue weighted by Gasteiger charge is 2.37. The summed E-state index contributed by atoms with van der Waals surface area (Å²) in [6.07, 6.45) is 6.08. The fourth-order valence-corrected chi connectivity index (χ4v) is 3.52. The van der Waals surface area contributed by atoms with E-state index in [2.05, 4.69) is 32.1 Å². The van der Waals surface area contributed by atoms with Crippen molar-refractivity contribution in [3.05, 3.63) is 11.9 Å². The molecular formula is C15H27N5O. The quantitative estimate of drug-likeness (QED) is 0.860. The number of aromatic nitrogens is 3. The van der Waals surface area contributed by atoms with Crippen LogP contribution in [0.15, 0.2) is 6.20 Å². The molecule has 1 atom stereocenters. The lowest BCUT2D eigenvalue weighted by molar-refractivity contribution is -0.0411. The molecule has 6 nitrogen and oxygen atoms in total. The molecule has 0 spiro atoms. The standard InChI is InChI=1S/C15H27N5O/c1-13-3-7-19(8-4-13)9-10-20-6-2-5-15(21,12-20)14-11-16-18-17-14/h11,13,21H,2-10,12H2,1H3,(H,16,17,18). The summed E-state index contributed by atoms with van der Waals surface area (Å²) in [7, 11) is 0. The number of aliphatic hydroxyl groups is 1. The first-order valence-electron chi connectivity index (χ1n) is 8.19. The van der Waals surface area contributed by atoms with E-state index in [9.17, 15) is 5.11 Å². The number of β-amino-alcohol motifs (C(OH)–C–C–N with tert-alkyl or cyclic N) is 1. The first-order chi connectivity index (χ1) is 10.2. The first kappa shape index (κ1) is 14.9. The Morgan fingerprint density at radius 3 is 2.76 bits per heavy atom. The van der Waals surface area contributed by atoms with Gasteiger partial charge in [-0.2, -0.15) is 15.4 Å². The molecule has 0 bridgehead atoms. The molecule has 1 aromatic rings. The van der Waals surface area contributed by atoms with Crippen molar-refractivity contribution in [2.45, 2.75) is 38.2 Å². The lowest BCUT2D eigenvalue weighted by atomic mass is 9.90. The predicted molar refractivity (Wildman–Crippen MR) is 80.8 cm³/mol. The molecule has 3 rings (SSSR count). The summed E-state index contributed by atoms with van der Waals surface area (Å²) < 4.78 is 0. The zero-order valence-electron chi connectivity index (χ0n) is 13.0. The molecule has 0 saturated carbocycles. The van der Waals surface area contributed by atoms with Crippen LogP contribution in [0.1, 0.15) is 38.3 Å². The van der Waals surface area contributed by atoms with Gasteiger partial charge < -0.3 is 10.0 Å². The number of likely N-dealkylation sites (tertiary alicyclic amines) is 2. The minimum Gasteiger partial charge on any atom is -0.382 e. The fraction of sp³-hybridized carbons (Fsp3) is 0.867. The van der Waals surface area contributed by atoms with Gasteiger partial charge in [0.1, 0.15) is 11.3 Å². The monoisotopic (exact) mass is 293 g/mol. The molecule has 2 fully saturated rings. The largest absolute Gasteiger partial charge is 0.382 e. The first-order valence-corrected chi connectivity index (χ1v) is 8.19. The Bertz CT molecular complexity index is 429. The van der Waals surface area contributed by atoms with Crippen molar-refractivity contribution < 1.29 is 5.11 Å². The van der Waals surface area contributed by atoms with Crippen LogP contribution in [0.2, 0.25) is 0 Å². The van der Waals surface area contributed by atoms with Gasteiger partial charge >= 0.3 is 0 Å². The molecule has 0 aliphatic carbocycles. The molecule has 1 unspecified atom stereocenters. The minimum atomic E-state index is -0.832. The van der Waals surface area contributed by atoms with Crippen LogP contribution in [-0.2, 0) is 5.60 Å². The summed E-state index contributed by atoms with van der Waals surface area (Å²) in [6.45, 7) is 8.69. The summed E-state index contributed by atoms with van der Waals surface area (Å²) in [4.78, 5) is 4.93. The van der Waals surface area contributed by atoms with Crippen molar-refractivity contribution in [1.29, 1.82) is 0 Å². The molecule has 1 aromatic heterocycles. The van der Waals surface area contributed by atoms with Crippen LogP contribution in [0.3, 0.4) is 0 Å². The molecule has 2 saturated heterocycles. The van der Waals surface area contributed by atoms with Gasteiger partial charge in [0.2, 0.25) is 0 Å². The van der Waals surface area contributed by atoms with Crippen LogP contribution in [0, 0.1) is 5.92 Å². The number of hydrogen-bond donors (Lipinski definition) is 2. The normalized spacial score (nSPS) is 29.8. The zero-order chi connectivity index (χ0) is 14.7. The van der Waals surface area contributed by atoms with Gasteiger partial charge in [-0.1, -0.05) is 6.92 Å². The lowest BCUT2D eigenvalue weighted by Crippen LogP contribution is -2.49. The van der Waals surface area contributed by atoms with Crippen molar-refractivity contribution in [3.8, 4) is 0 Å². The number of nitrogens with zero attached hydrogens (tertiary/aromatic N) is 4. The van der Waals surface area contributed by atoms with Crippen LogP contribution in [-0.4, -0.2) is 69.6 Å². The Labute approximate surface area is 126 Å². The van der Waals surface area contributed by atoms with Gasteiger partial charge in [0.05, 0.1) is 6.20 Å². The van der Waals surface area contributed by atoms with Crippen molar-refractivity contribution in [2.75, 3.05) is 39.3 Å². The van der Waals surface area contributed by atoms with Crippen LogP contribution < -0.4 is 0 Å². The fourth-order valence-electron chi connectivity index (χ4n) is 3.52. The van der Waals surface area contributed by atoms with E-state index in [1.54, 1.807) is 6.20 Å². The average Bonchev–Trinajstić information content (AvgIpc) is 3.02. The molecule has 2 N–H and O–H groups in total. The van der Waals surface area contributed by atoms with Gasteiger partial charge in [0.25, 0.3) is 0 Å². The molecule has 0 radical (unpaired) electrons. The van der Waals surface area contributed by atoms with Gasteiger partial charge in [0, 0.05) is 19.6 Å². The second-order valence-electron chi connectivity index (χ2n) is 6.79. The van der Waals surface area contributed by atoms with E-state index in [1.165, 1.54) is 25.9 Å². The van der Waals surface area contributed by atoms with E-state index in [4.69, 9.17) is 0 Å². The number of rotatable bonds is 4. The van der Waals surface area contributed by atoms with E-state index < -0.39 is 5.60 Å². The molecule has 6 heteroatoms. The highest BCUT2D eigenvalue weighted by atomic mass is 16.3. The van der Waals surface area contributed by atoms with E-state index >= 15 is 0 Å². The molecule has 2 aliphatic rings. The van der Waals surface area contributed by atoms with Gasteiger partial charge in [-0.15, -0.1) is 0 Å². The SMILES string of the molecule is CC1CCN(CCN2CCCC(O)(c3cn[nH]n3)C2)CC1. The smallest absolute Gasteiger partial charge is 0.123 e. The summed E-state index contributed by atoms with van der Waals surface area (Å²) in [5.74, 6) is 0.883. The van der Waals surface area contributed by atoms with Crippen molar-refractivity contribution in [1.82, 2.24) is 25.2 Å². The number of piperidine rings is 2. The second-order valence-corrected chi connectivity index (χ2v) is 6.79. The van der Waals surface area contributed by atoms with E-state index in [0.717, 1.165) is 38.4 Å². The number of nitrogens with one attached hydrogen (secondary N) is 1. The molecular weight excluding hydrogens is 266 g/mol. The van der Waals surface area contributed by atoms with Gasteiger partial charge in [0.15, 0.2) is 0 Å². The highest BCUT2D eigenvalue weighted by molar-refractivity contribution is 5.08. The lowest BCUT2D eigenvalue weighted by Gasteiger charge is -2.39. The molecule has 21 heavy (non-hydrogen) atoms. The van der Waals surface area contributed by atoms with Crippen molar-refractivity contribution >= 4 is 0 Å². The third-order valence-electron chi connectivity index (χ3n) is 5.05. The van der Waals surface area contributed by atoms with Gasteiger partial charge in [-0.05, 0) is 51.2 Å². The summed E-state index contributed by atoms with van der Waals surface area (Å²) in [5.41, 5.74) is -0.152. The number of hydrogen-bond acceptors (Lipinski definition) is 5. The van der Waals surface area contributed by atoms with Crippen molar-refractivity contribution in [3.63, 3.8) is 0 Å². The summed E-state index contributed by atoms with van der Waals surface area (Å²) >= 11 is 0. The minimum absolute atomic E-state index is 0.670. The van der Waals surface area contributed by atoms with Crippen LogP contribution in [0.25, 0.3) is 0 Å². The van der Waals surface area contributed by atoms with Gasteiger partial charge in [-0.3, -0.25) is 4.90 Å². The van der Waals surface area contributed by atoms with Crippen LogP contribution in [0.5, 0.6) is 0 Å². The number of aromatic amines is 1. The third kappa shape index (κ3) is 3.62. The average molecular weight is 293 g/mol. The predicted octanol–water partition coefficient (Wildman–Crippen LogP) is 0.820. The third-order valence-corrected chi connectivity index (χ3v) is 5.05. The van der Waals surface area contributed by atoms with Crippen LogP contribution >= 0.6 is 0 Å². The topological polar surface area (TPSA) is 68.3 Å². The molecule has 118 valence electrons. The highest BCUT2D eigenvalue weighted by Crippen LogP contribution is 2.29. The number of H-pyrrole nitrogens is 1. The maximum atomic E-state index is 10.8. The molecule has 2 aliphatic heterocycles. The van der Waals surface area contributed by atoms with E-state index in [-0.39, 0.29) is 0 Å². The maximum absolute atomic E-state index is 10.8. The molecule has 0 amide bonds. The Kier molecular flexibility index (Phi) is 4.57. The van der Waals surface area contributed by atoms with E-state index in [1.807, 2.05) is 0 Å². The van der Waals surface area contributed by atoms with E-state index in [0.29, 0.717) is 12.2 Å². The summed E-state index contributed by atoms with van der Waals surface area (Å²) in [5, 5.41) is 21.3. The molecule has 0 aromatic carbocycles. The maximum Gasteiger partial charge on any atom is 0.123 e. The van der Waals surface area contributed by atoms with Crippen molar-refractivity contribution in [2.24, 2.45) is 5.92 Å². The second kappa shape index (κ2) is 6.42. The Hall–Kier alpha value is -0.980. The molecule has 3 heterocycles. The van der Waals surface area contributed by atoms with Crippen LogP contribution in [0.4, 0.5) is 0 Å². The van der Waals surface area contributed by atoms with Gasteiger partial charge in [-0.25, -0.2) is 0 Å². The summed E-state index contributed by atoms with van der Waals surface area (Å²) in [6, 6.07) is 0. The Morgan fingerprint density at radius 1 is 1.29 bits per heavy atom. The zero-order valence-corrected chi connectivity index (χ0v) is 13.0. The Balaban J connectivity index is 1.50.